The SMILES string of the molecule is F[B-](F)(F)F.O=c1c2ccccc2oc2ccc([I+]c3ccccc3)cc12. The van der Waals surface area contributed by atoms with Gasteiger partial charge in [-0.15, -0.1) is 0 Å². The normalized spacial score (nSPS) is 11.3. The predicted octanol–water partition coefficient (Wildman–Crippen LogP) is 2.37. The number of hydrogen-bond acceptors (Lipinski definition) is 2. The zero-order valence-electron chi connectivity index (χ0n) is 13.7. The first-order valence-electron chi connectivity index (χ1n) is 7.84. The van der Waals surface area contributed by atoms with E-state index in [1.807, 2.05) is 42.5 Å². The monoisotopic (exact) mass is 486 g/mol. The first kappa shape index (κ1) is 19.4. The van der Waals surface area contributed by atoms with E-state index in [9.17, 15) is 22.1 Å². The molecule has 1 heterocycles. The Morgan fingerprint density at radius 1 is 0.704 bits per heavy atom. The second-order valence-electron chi connectivity index (χ2n) is 5.45. The Morgan fingerprint density at radius 3 is 2.00 bits per heavy atom. The fourth-order valence-corrected chi connectivity index (χ4v) is 4.76. The number of benzene rings is 3. The smallest absolute Gasteiger partial charge is 0.456 e. The van der Waals surface area contributed by atoms with Gasteiger partial charge in [0.2, 0.25) is 5.43 Å². The van der Waals surface area contributed by atoms with Gasteiger partial charge in [0, 0.05) is 6.07 Å². The van der Waals surface area contributed by atoms with E-state index in [1.165, 1.54) is 7.14 Å². The summed E-state index contributed by atoms with van der Waals surface area (Å²) < 4.78 is 47.4. The molecule has 4 rings (SSSR count). The van der Waals surface area contributed by atoms with Gasteiger partial charge in [-0.25, -0.2) is 0 Å². The molecule has 3 aromatic carbocycles. The van der Waals surface area contributed by atoms with Crippen molar-refractivity contribution < 1.29 is 42.9 Å². The quantitative estimate of drug-likeness (QED) is 0.189. The van der Waals surface area contributed by atoms with Crippen LogP contribution in [0.2, 0.25) is 0 Å². The molecule has 0 spiro atoms. The van der Waals surface area contributed by atoms with Gasteiger partial charge in [-0.2, -0.15) is 0 Å². The van der Waals surface area contributed by atoms with Gasteiger partial charge in [0.1, 0.15) is 11.2 Å². The van der Waals surface area contributed by atoms with Gasteiger partial charge in [-0.05, 0) is 36.4 Å². The second kappa shape index (κ2) is 8.12. The Labute approximate surface area is 162 Å². The van der Waals surface area contributed by atoms with E-state index in [0.29, 0.717) is 21.9 Å². The standard InChI is InChI=1S/C19H12IO2.BF4/c21-19-15-8-4-5-9-17(15)22-18-11-10-14(12-16(18)19)20-13-6-2-1-3-7-13;2-1(3,4)5/h1-12H;/q+1;-1. The molecule has 2 nitrogen and oxygen atoms in total. The highest BCUT2D eigenvalue weighted by Crippen LogP contribution is 2.17. The lowest BCUT2D eigenvalue weighted by Gasteiger charge is -2.00. The summed E-state index contributed by atoms with van der Waals surface area (Å²) in [5, 5.41) is 1.32. The van der Waals surface area contributed by atoms with E-state index in [2.05, 4.69) is 30.3 Å². The molecule has 0 saturated heterocycles. The van der Waals surface area contributed by atoms with Crippen LogP contribution in [0, 0.1) is 7.14 Å². The van der Waals surface area contributed by atoms with Crippen LogP contribution in [-0.4, -0.2) is 7.25 Å². The van der Waals surface area contributed by atoms with Gasteiger partial charge >= 0.3 is 28.5 Å². The molecule has 138 valence electrons. The number of hydrogen-bond donors (Lipinski definition) is 0. The molecule has 0 bridgehead atoms. The Morgan fingerprint density at radius 2 is 1.30 bits per heavy atom. The third kappa shape index (κ3) is 5.32. The minimum Gasteiger partial charge on any atom is -0.456 e. The minimum absolute atomic E-state index is 0.0516. The molecule has 0 radical (unpaired) electrons. The summed E-state index contributed by atoms with van der Waals surface area (Å²) in [4.78, 5) is 12.6. The topological polar surface area (TPSA) is 30.2 Å². The summed E-state index contributed by atoms with van der Waals surface area (Å²) in [6.07, 6.45) is 0. The van der Waals surface area contributed by atoms with Crippen molar-refractivity contribution >= 4 is 29.2 Å². The molecular formula is C19H12BF4IO2. The van der Waals surface area contributed by atoms with E-state index in [-0.39, 0.29) is 26.6 Å². The summed E-state index contributed by atoms with van der Waals surface area (Å²) in [5.41, 5.74) is 1.35. The fourth-order valence-electron chi connectivity index (χ4n) is 2.44. The molecular weight excluding hydrogens is 474 g/mol. The molecule has 0 aliphatic carbocycles. The highest BCUT2D eigenvalue weighted by Gasteiger charge is 2.20. The molecule has 27 heavy (non-hydrogen) atoms. The van der Waals surface area contributed by atoms with E-state index < -0.39 is 7.25 Å². The average molecular weight is 486 g/mol. The number of fused-ring (bicyclic) bond motifs is 2. The van der Waals surface area contributed by atoms with Crippen LogP contribution >= 0.6 is 0 Å². The maximum Gasteiger partial charge on any atom is 0.673 e. The van der Waals surface area contributed by atoms with Crippen molar-refractivity contribution in [2.75, 3.05) is 0 Å². The molecule has 0 aliphatic rings. The summed E-state index contributed by atoms with van der Waals surface area (Å²) in [7, 11) is -6.00. The van der Waals surface area contributed by atoms with Gasteiger partial charge in [-0.1, -0.05) is 30.3 Å². The summed E-state index contributed by atoms with van der Waals surface area (Å²) in [5.74, 6) is 0. The van der Waals surface area contributed by atoms with Crippen LogP contribution in [0.5, 0.6) is 0 Å². The molecule has 0 fully saturated rings. The third-order valence-electron chi connectivity index (χ3n) is 3.49. The molecule has 4 aromatic rings. The van der Waals surface area contributed by atoms with E-state index in [0.717, 1.165) is 0 Å². The maximum absolute atomic E-state index is 12.6. The van der Waals surface area contributed by atoms with Crippen molar-refractivity contribution in [2.45, 2.75) is 0 Å². The van der Waals surface area contributed by atoms with Gasteiger partial charge < -0.3 is 21.7 Å². The lowest BCUT2D eigenvalue weighted by Crippen LogP contribution is -3.61. The largest absolute Gasteiger partial charge is 0.673 e. The molecule has 0 N–H and O–H groups in total. The Kier molecular flexibility index (Phi) is 5.84. The zero-order chi connectivity index (χ0) is 19.4. The minimum atomic E-state index is -6.00. The molecule has 1 aromatic heterocycles. The van der Waals surface area contributed by atoms with Gasteiger partial charge in [0.15, 0.2) is 7.14 Å². The molecule has 0 amide bonds. The van der Waals surface area contributed by atoms with E-state index in [4.69, 9.17) is 4.42 Å². The van der Waals surface area contributed by atoms with E-state index >= 15 is 0 Å². The summed E-state index contributed by atoms with van der Waals surface area (Å²) >= 11 is -0.284. The van der Waals surface area contributed by atoms with Gasteiger partial charge in [0.25, 0.3) is 0 Å². The average Bonchev–Trinajstić information content (AvgIpc) is 2.62. The second-order valence-corrected chi connectivity index (χ2v) is 8.48. The maximum atomic E-state index is 12.6. The third-order valence-corrected chi connectivity index (χ3v) is 6.12. The first-order chi connectivity index (χ1) is 12.8. The molecule has 0 saturated carbocycles. The lowest BCUT2D eigenvalue weighted by molar-refractivity contribution is -0.597. The predicted molar refractivity (Wildman–Crippen MR) is 94.0 cm³/mol. The first-order valence-corrected chi connectivity index (χ1v) is 10.00. The van der Waals surface area contributed by atoms with Crippen LogP contribution in [-0.2, 0) is 0 Å². The zero-order valence-corrected chi connectivity index (χ0v) is 15.9. The Hall–Kier alpha value is -2.36. The number of halogens is 5. The van der Waals surface area contributed by atoms with Crippen molar-refractivity contribution in [3.8, 4) is 0 Å². The van der Waals surface area contributed by atoms with Gasteiger partial charge in [0.05, 0.1) is 10.8 Å². The van der Waals surface area contributed by atoms with Crippen molar-refractivity contribution in [1.29, 1.82) is 0 Å². The number of rotatable bonds is 2. The van der Waals surface area contributed by atoms with Crippen LogP contribution < -0.4 is 26.6 Å². The number of para-hydroxylation sites is 1. The van der Waals surface area contributed by atoms with Crippen LogP contribution in [0.25, 0.3) is 21.9 Å². The molecule has 0 unspecified atom stereocenters. The highest BCUT2D eigenvalue weighted by molar-refractivity contribution is 6.50. The molecule has 0 atom stereocenters. The fraction of sp³-hybridized carbons (Fsp3) is 0. The van der Waals surface area contributed by atoms with Gasteiger partial charge in [-0.3, -0.25) is 4.79 Å². The van der Waals surface area contributed by atoms with Crippen LogP contribution in [0.1, 0.15) is 0 Å². The summed E-state index contributed by atoms with van der Waals surface area (Å²) in [6.45, 7) is 0. The lowest BCUT2D eigenvalue weighted by atomic mass is 10.1. The van der Waals surface area contributed by atoms with Crippen molar-refractivity contribution in [3.05, 3.63) is 90.2 Å². The summed E-state index contributed by atoms with van der Waals surface area (Å²) in [6, 6.07) is 23.8. The molecule has 0 aliphatic heterocycles. The van der Waals surface area contributed by atoms with Crippen molar-refractivity contribution in [2.24, 2.45) is 0 Å². The van der Waals surface area contributed by atoms with Crippen molar-refractivity contribution in [1.82, 2.24) is 0 Å². The Balaban J connectivity index is 0.000000376. The van der Waals surface area contributed by atoms with E-state index in [1.54, 1.807) is 0 Å². The van der Waals surface area contributed by atoms with Crippen LogP contribution in [0.15, 0.2) is 82.0 Å². The highest BCUT2D eigenvalue weighted by atomic mass is 127. The van der Waals surface area contributed by atoms with Crippen LogP contribution in [0.4, 0.5) is 17.3 Å². The Bertz CT molecular complexity index is 1120. The van der Waals surface area contributed by atoms with Crippen molar-refractivity contribution in [3.63, 3.8) is 0 Å². The van der Waals surface area contributed by atoms with Crippen LogP contribution in [0.3, 0.4) is 0 Å². The molecule has 8 heteroatoms.